The van der Waals surface area contributed by atoms with Crippen molar-refractivity contribution in [2.24, 2.45) is 0 Å². The summed E-state index contributed by atoms with van der Waals surface area (Å²) in [6, 6.07) is 7.92. The first-order valence-electron chi connectivity index (χ1n) is 6.74. The maximum Gasteiger partial charge on any atom is 0.414 e. The number of piperidine rings is 1. The van der Waals surface area contributed by atoms with Gasteiger partial charge < -0.3 is 14.5 Å². The highest BCUT2D eigenvalue weighted by atomic mass is 35.5. The van der Waals surface area contributed by atoms with E-state index in [9.17, 15) is 4.79 Å². The molecule has 1 aromatic carbocycles. The van der Waals surface area contributed by atoms with Gasteiger partial charge in [-0.05, 0) is 56.6 Å². The van der Waals surface area contributed by atoms with Gasteiger partial charge in [-0.25, -0.2) is 4.79 Å². The van der Waals surface area contributed by atoms with E-state index in [2.05, 4.69) is 18.0 Å². The van der Waals surface area contributed by atoms with Gasteiger partial charge in [0.05, 0.1) is 0 Å². The molecular formula is C15H23ClN2O2. The third kappa shape index (κ3) is 4.39. The summed E-state index contributed by atoms with van der Waals surface area (Å²) in [5.41, 5.74) is 1.28. The van der Waals surface area contributed by atoms with E-state index in [-0.39, 0.29) is 18.5 Å². The third-order valence-electron chi connectivity index (χ3n) is 3.62. The van der Waals surface area contributed by atoms with Crippen molar-refractivity contribution < 1.29 is 9.53 Å². The van der Waals surface area contributed by atoms with E-state index >= 15 is 0 Å². The Morgan fingerprint density at radius 1 is 1.30 bits per heavy atom. The first kappa shape index (κ1) is 16.8. The standard InChI is InChI=1S/C15H22N2O2.ClH/c1-16(2)15(18)19-14-6-4-5-13(11-14)12-7-9-17(3)10-8-12;/h4-6,11-12H,7-10H2,1-3H3;1H. The number of nitrogens with zero attached hydrogens (tertiary/aromatic N) is 2. The monoisotopic (exact) mass is 298 g/mol. The number of likely N-dealkylation sites (tertiary alicyclic amines) is 1. The number of carbonyl (C=O) groups is 1. The van der Waals surface area contributed by atoms with E-state index in [1.54, 1.807) is 14.1 Å². The molecule has 1 fully saturated rings. The molecule has 1 amide bonds. The predicted molar refractivity (Wildman–Crippen MR) is 82.9 cm³/mol. The second-order valence-electron chi connectivity index (χ2n) is 5.41. The minimum Gasteiger partial charge on any atom is -0.410 e. The molecule has 0 aromatic heterocycles. The Kier molecular flexibility index (Phi) is 6.30. The zero-order valence-corrected chi connectivity index (χ0v) is 13.2. The Labute approximate surface area is 127 Å². The average molecular weight is 299 g/mol. The Bertz CT molecular complexity index is 443. The molecule has 5 heteroatoms. The molecule has 0 saturated carbocycles. The number of halogens is 1. The fraction of sp³-hybridized carbons (Fsp3) is 0.533. The largest absolute Gasteiger partial charge is 0.414 e. The summed E-state index contributed by atoms with van der Waals surface area (Å²) in [6.45, 7) is 2.26. The van der Waals surface area contributed by atoms with Crippen LogP contribution in [0, 0.1) is 0 Å². The smallest absolute Gasteiger partial charge is 0.410 e. The van der Waals surface area contributed by atoms with Crippen LogP contribution in [-0.2, 0) is 0 Å². The van der Waals surface area contributed by atoms with E-state index in [1.165, 1.54) is 23.3 Å². The highest BCUT2D eigenvalue weighted by Crippen LogP contribution is 2.29. The van der Waals surface area contributed by atoms with Gasteiger partial charge in [-0.3, -0.25) is 0 Å². The fourth-order valence-corrected chi connectivity index (χ4v) is 2.37. The lowest BCUT2D eigenvalue weighted by Gasteiger charge is -2.29. The number of amides is 1. The van der Waals surface area contributed by atoms with Gasteiger partial charge >= 0.3 is 6.09 Å². The van der Waals surface area contributed by atoms with E-state index in [0.717, 1.165) is 13.1 Å². The summed E-state index contributed by atoms with van der Waals surface area (Å²) in [6.07, 6.45) is 2.00. The van der Waals surface area contributed by atoms with E-state index in [4.69, 9.17) is 4.74 Å². The van der Waals surface area contributed by atoms with Crippen molar-refractivity contribution in [2.45, 2.75) is 18.8 Å². The van der Waals surface area contributed by atoms with Gasteiger partial charge in [0.2, 0.25) is 0 Å². The van der Waals surface area contributed by atoms with E-state index < -0.39 is 0 Å². The molecule has 1 aliphatic rings. The normalized spacial score (nSPS) is 16.4. The Morgan fingerprint density at radius 2 is 1.95 bits per heavy atom. The average Bonchev–Trinajstić information content (AvgIpc) is 2.39. The van der Waals surface area contributed by atoms with Crippen molar-refractivity contribution in [2.75, 3.05) is 34.2 Å². The Hall–Kier alpha value is -1.26. The van der Waals surface area contributed by atoms with Crippen molar-refractivity contribution in [3.05, 3.63) is 29.8 Å². The van der Waals surface area contributed by atoms with Crippen molar-refractivity contribution in [3.8, 4) is 5.75 Å². The van der Waals surface area contributed by atoms with E-state index in [0.29, 0.717) is 11.7 Å². The zero-order valence-electron chi connectivity index (χ0n) is 12.3. The number of ether oxygens (including phenoxy) is 1. The predicted octanol–water partition coefficient (Wildman–Crippen LogP) is 2.98. The highest BCUT2D eigenvalue weighted by molar-refractivity contribution is 5.85. The lowest BCUT2D eigenvalue weighted by Crippen LogP contribution is -2.29. The van der Waals surface area contributed by atoms with Gasteiger partial charge in [-0.15, -0.1) is 12.4 Å². The summed E-state index contributed by atoms with van der Waals surface area (Å²) < 4.78 is 5.30. The summed E-state index contributed by atoms with van der Waals surface area (Å²) in [4.78, 5) is 15.3. The molecular weight excluding hydrogens is 276 g/mol. The second-order valence-corrected chi connectivity index (χ2v) is 5.41. The minimum atomic E-state index is -0.333. The SMILES string of the molecule is CN1CCC(c2cccc(OC(=O)N(C)C)c2)CC1.Cl. The lowest BCUT2D eigenvalue weighted by atomic mass is 9.89. The maximum atomic E-state index is 11.5. The van der Waals surface area contributed by atoms with Crippen molar-refractivity contribution >= 4 is 18.5 Å². The van der Waals surface area contributed by atoms with Crippen molar-refractivity contribution in [1.82, 2.24) is 9.80 Å². The second kappa shape index (κ2) is 7.50. The van der Waals surface area contributed by atoms with Crippen LogP contribution in [0.5, 0.6) is 5.75 Å². The Balaban J connectivity index is 0.00000200. The number of rotatable bonds is 2. The van der Waals surface area contributed by atoms with Crippen LogP contribution >= 0.6 is 12.4 Å². The van der Waals surface area contributed by atoms with Crippen molar-refractivity contribution in [3.63, 3.8) is 0 Å². The quantitative estimate of drug-likeness (QED) is 0.841. The molecule has 1 saturated heterocycles. The van der Waals surface area contributed by atoms with Gasteiger partial charge in [0.15, 0.2) is 0 Å². The first-order chi connectivity index (χ1) is 9.06. The van der Waals surface area contributed by atoms with Gasteiger partial charge in [0.25, 0.3) is 0 Å². The van der Waals surface area contributed by atoms with Gasteiger partial charge in [0, 0.05) is 14.1 Å². The van der Waals surface area contributed by atoms with Crippen LogP contribution in [0.25, 0.3) is 0 Å². The van der Waals surface area contributed by atoms with Crippen LogP contribution in [0.2, 0.25) is 0 Å². The van der Waals surface area contributed by atoms with Crippen LogP contribution in [0.4, 0.5) is 4.79 Å². The molecule has 20 heavy (non-hydrogen) atoms. The highest BCUT2D eigenvalue weighted by Gasteiger charge is 2.19. The number of benzene rings is 1. The summed E-state index contributed by atoms with van der Waals surface area (Å²) in [5.74, 6) is 1.21. The van der Waals surface area contributed by atoms with Crippen LogP contribution in [0.3, 0.4) is 0 Å². The molecule has 1 aromatic rings. The zero-order chi connectivity index (χ0) is 13.8. The minimum absolute atomic E-state index is 0. The lowest BCUT2D eigenvalue weighted by molar-refractivity contribution is 0.172. The summed E-state index contributed by atoms with van der Waals surface area (Å²) in [7, 11) is 5.53. The first-order valence-corrected chi connectivity index (χ1v) is 6.74. The van der Waals surface area contributed by atoms with Crippen LogP contribution < -0.4 is 4.74 Å². The maximum absolute atomic E-state index is 11.5. The van der Waals surface area contributed by atoms with Crippen molar-refractivity contribution in [1.29, 1.82) is 0 Å². The molecule has 1 heterocycles. The van der Waals surface area contributed by atoms with Crippen LogP contribution in [-0.4, -0.2) is 50.1 Å². The van der Waals surface area contributed by atoms with Gasteiger partial charge in [-0.2, -0.15) is 0 Å². The molecule has 0 bridgehead atoms. The molecule has 0 radical (unpaired) electrons. The molecule has 1 aliphatic heterocycles. The van der Waals surface area contributed by atoms with Gasteiger partial charge in [-0.1, -0.05) is 12.1 Å². The molecule has 0 atom stereocenters. The van der Waals surface area contributed by atoms with Crippen LogP contribution in [0.1, 0.15) is 24.3 Å². The molecule has 112 valence electrons. The number of carbonyl (C=O) groups excluding carboxylic acids is 1. The molecule has 0 aliphatic carbocycles. The fourth-order valence-electron chi connectivity index (χ4n) is 2.37. The topological polar surface area (TPSA) is 32.8 Å². The number of hydrogen-bond donors (Lipinski definition) is 0. The van der Waals surface area contributed by atoms with Gasteiger partial charge in [0.1, 0.15) is 5.75 Å². The molecule has 0 unspecified atom stereocenters. The summed E-state index contributed by atoms with van der Waals surface area (Å²) in [5, 5.41) is 0. The molecule has 0 N–H and O–H groups in total. The molecule has 4 nitrogen and oxygen atoms in total. The Morgan fingerprint density at radius 3 is 2.55 bits per heavy atom. The van der Waals surface area contributed by atoms with Crippen LogP contribution in [0.15, 0.2) is 24.3 Å². The molecule has 0 spiro atoms. The third-order valence-corrected chi connectivity index (χ3v) is 3.62. The number of hydrogen-bond acceptors (Lipinski definition) is 3. The molecule has 2 rings (SSSR count). The van der Waals surface area contributed by atoms with E-state index in [1.807, 2.05) is 18.2 Å². The summed E-state index contributed by atoms with van der Waals surface area (Å²) >= 11 is 0.